The van der Waals surface area contributed by atoms with Gasteiger partial charge in [0.2, 0.25) is 0 Å². The molecule has 1 N–H and O–H groups in total. The van der Waals surface area contributed by atoms with Gasteiger partial charge in [0, 0.05) is 12.5 Å². The molecule has 1 aliphatic carbocycles. The quantitative estimate of drug-likeness (QED) is 0.834. The van der Waals surface area contributed by atoms with Gasteiger partial charge in [0.25, 0.3) is 0 Å². The van der Waals surface area contributed by atoms with Crippen molar-refractivity contribution in [3.05, 3.63) is 23.9 Å². The summed E-state index contributed by atoms with van der Waals surface area (Å²) < 4.78 is 59.0. The van der Waals surface area contributed by atoms with E-state index in [1.807, 2.05) is 0 Å². The smallest absolute Gasteiger partial charge is 0.363 e. The lowest BCUT2D eigenvalue weighted by Gasteiger charge is -2.18. The van der Waals surface area contributed by atoms with Crippen LogP contribution in [0.1, 0.15) is 18.4 Å². The van der Waals surface area contributed by atoms with Crippen molar-refractivity contribution in [3.63, 3.8) is 0 Å². The van der Waals surface area contributed by atoms with Gasteiger partial charge in [-0.15, -0.1) is 5.48 Å². The van der Waals surface area contributed by atoms with E-state index in [0.29, 0.717) is 18.4 Å². The molecule has 0 radical (unpaired) electrons. The van der Waals surface area contributed by atoms with Gasteiger partial charge in [-0.05, 0) is 30.5 Å². The second kappa shape index (κ2) is 4.95. The van der Waals surface area contributed by atoms with Crippen LogP contribution in [0.2, 0.25) is 0 Å². The molecule has 1 fully saturated rings. The normalized spacial score (nSPS) is 17.3. The molecule has 21 heavy (non-hydrogen) atoms. The van der Waals surface area contributed by atoms with Crippen molar-refractivity contribution >= 4 is 15.8 Å². The number of rotatable bonds is 4. The van der Waals surface area contributed by atoms with E-state index in [2.05, 4.69) is 15.3 Å². The third-order valence-electron chi connectivity index (χ3n) is 2.99. The maximum atomic E-state index is 12.1. The van der Waals surface area contributed by atoms with Crippen molar-refractivity contribution in [1.29, 1.82) is 0 Å². The van der Waals surface area contributed by atoms with Crippen LogP contribution in [0.4, 0.5) is 13.2 Å². The van der Waals surface area contributed by atoms with Gasteiger partial charge in [-0.2, -0.15) is 13.2 Å². The van der Waals surface area contributed by atoms with Crippen LogP contribution in [-0.4, -0.2) is 31.8 Å². The number of nitrogens with one attached hydrogen (secondary N) is 1. The highest BCUT2D eigenvalue weighted by atomic mass is 32.2. The summed E-state index contributed by atoms with van der Waals surface area (Å²) >= 11 is 0. The van der Waals surface area contributed by atoms with Gasteiger partial charge in [-0.3, -0.25) is 0 Å². The first kappa shape index (κ1) is 15.7. The molecule has 116 valence electrons. The Kier molecular flexibility index (Phi) is 3.70. The molecule has 0 aromatic carbocycles. The summed E-state index contributed by atoms with van der Waals surface area (Å²) in [6.07, 6.45) is -2.08. The van der Waals surface area contributed by atoms with Gasteiger partial charge < -0.3 is 4.84 Å². The Morgan fingerprint density at radius 2 is 2.05 bits per heavy atom. The van der Waals surface area contributed by atoms with Gasteiger partial charge in [0.05, 0.1) is 5.54 Å². The first-order chi connectivity index (χ1) is 9.55. The lowest BCUT2D eigenvalue weighted by atomic mass is 10.1. The fourth-order valence-electron chi connectivity index (χ4n) is 1.69. The standard InChI is InChI=1S/C11H11F3N2O4S/c1-21(18,19)8-6-7(2-5-15-8)10(3-4-10)16-20-9(17)11(12,13)14/h2,5-6,16H,3-4H2,1H3. The van der Waals surface area contributed by atoms with E-state index in [4.69, 9.17) is 0 Å². The number of pyridine rings is 1. The minimum Gasteiger partial charge on any atom is -0.363 e. The second-order valence-corrected chi connectivity index (χ2v) is 6.69. The highest BCUT2D eigenvalue weighted by Gasteiger charge is 2.49. The number of hydrogen-bond donors (Lipinski definition) is 1. The van der Waals surface area contributed by atoms with Crippen molar-refractivity contribution in [2.24, 2.45) is 0 Å². The van der Waals surface area contributed by atoms with Gasteiger partial charge in [0.1, 0.15) is 0 Å². The number of halogens is 3. The number of sulfone groups is 1. The number of hydrogen-bond acceptors (Lipinski definition) is 6. The third-order valence-corrected chi connectivity index (χ3v) is 3.97. The number of alkyl halides is 3. The number of carbonyl (C=O) groups is 1. The summed E-state index contributed by atoms with van der Waals surface area (Å²) in [5.74, 6) is -2.36. The SMILES string of the molecule is CS(=O)(=O)c1cc(C2(NOC(=O)C(F)(F)F)CC2)ccn1. The van der Waals surface area contributed by atoms with Crippen LogP contribution in [0, 0.1) is 0 Å². The lowest BCUT2D eigenvalue weighted by Crippen LogP contribution is -2.37. The summed E-state index contributed by atoms with van der Waals surface area (Å²) in [7, 11) is -3.54. The topological polar surface area (TPSA) is 85.4 Å². The minimum atomic E-state index is -5.10. The van der Waals surface area contributed by atoms with Crippen LogP contribution in [-0.2, 0) is 25.0 Å². The molecule has 1 saturated carbocycles. The van der Waals surface area contributed by atoms with E-state index in [1.54, 1.807) is 0 Å². The van der Waals surface area contributed by atoms with Crippen LogP contribution in [0.5, 0.6) is 0 Å². The zero-order valence-corrected chi connectivity index (χ0v) is 11.6. The first-order valence-corrected chi connectivity index (χ1v) is 7.65. The monoisotopic (exact) mass is 324 g/mol. The molecule has 1 aromatic rings. The molecule has 0 atom stereocenters. The molecule has 0 aliphatic heterocycles. The fraction of sp³-hybridized carbons (Fsp3) is 0.455. The molecule has 0 saturated heterocycles. The summed E-state index contributed by atoms with van der Waals surface area (Å²) in [5.41, 5.74) is 1.48. The fourth-order valence-corrected chi connectivity index (χ4v) is 2.28. The molecule has 0 unspecified atom stereocenters. The molecule has 0 amide bonds. The van der Waals surface area contributed by atoms with Gasteiger partial charge >= 0.3 is 12.1 Å². The molecule has 2 rings (SSSR count). The Morgan fingerprint density at radius 3 is 2.52 bits per heavy atom. The molecule has 1 aliphatic rings. The number of nitrogens with zero attached hydrogens (tertiary/aromatic N) is 1. The van der Waals surface area contributed by atoms with Crippen LogP contribution < -0.4 is 5.48 Å². The Bertz CT molecular complexity index is 668. The Labute approximate surface area is 118 Å². The van der Waals surface area contributed by atoms with Gasteiger partial charge in [-0.1, -0.05) is 0 Å². The highest BCUT2D eigenvalue weighted by molar-refractivity contribution is 7.90. The van der Waals surface area contributed by atoms with E-state index in [-0.39, 0.29) is 5.03 Å². The molecule has 0 spiro atoms. The molecule has 10 heteroatoms. The Morgan fingerprint density at radius 1 is 1.43 bits per heavy atom. The van der Waals surface area contributed by atoms with Crippen LogP contribution in [0.3, 0.4) is 0 Å². The zero-order valence-electron chi connectivity index (χ0n) is 10.8. The van der Waals surface area contributed by atoms with Gasteiger partial charge in [-0.25, -0.2) is 18.2 Å². The lowest BCUT2D eigenvalue weighted by molar-refractivity contribution is -0.209. The van der Waals surface area contributed by atoms with Crippen molar-refractivity contribution in [2.45, 2.75) is 29.6 Å². The molecule has 6 nitrogen and oxygen atoms in total. The molecule has 1 heterocycles. The average Bonchev–Trinajstić information content (AvgIpc) is 3.15. The predicted octanol–water partition coefficient (Wildman–Crippen LogP) is 1.08. The number of aromatic nitrogens is 1. The van der Waals surface area contributed by atoms with Crippen molar-refractivity contribution in [1.82, 2.24) is 10.5 Å². The highest BCUT2D eigenvalue weighted by Crippen LogP contribution is 2.45. The summed E-state index contributed by atoms with van der Waals surface area (Å²) in [6, 6.07) is 2.70. The summed E-state index contributed by atoms with van der Waals surface area (Å²) in [5, 5.41) is -0.199. The van der Waals surface area contributed by atoms with E-state index in [1.165, 1.54) is 18.3 Å². The number of hydroxylamine groups is 1. The first-order valence-electron chi connectivity index (χ1n) is 5.76. The Balaban J connectivity index is 2.17. The van der Waals surface area contributed by atoms with E-state index in [0.717, 1.165) is 6.26 Å². The summed E-state index contributed by atoms with van der Waals surface area (Å²) in [6.45, 7) is 0. The minimum absolute atomic E-state index is 0.199. The maximum Gasteiger partial charge on any atom is 0.492 e. The predicted molar refractivity (Wildman–Crippen MR) is 63.5 cm³/mol. The van der Waals surface area contributed by atoms with Crippen molar-refractivity contribution in [2.75, 3.05) is 6.26 Å². The van der Waals surface area contributed by atoms with Crippen molar-refractivity contribution < 1.29 is 31.2 Å². The third kappa shape index (κ3) is 3.50. The van der Waals surface area contributed by atoms with Crippen LogP contribution in [0.15, 0.2) is 23.4 Å². The van der Waals surface area contributed by atoms with Crippen LogP contribution in [0.25, 0.3) is 0 Å². The average molecular weight is 324 g/mol. The Hall–Kier alpha value is -1.68. The van der Waals surface area contributed by atoms with E-state index >= 15 is 0 Å². The largest absolute Gasteiger partial charge is 0.492 e. The zero-order chi connectivity index (χ0) is 15.9. The van der Waals surface area contributed by atoms with Gasteiger partial charge in [0.15, 0.2) is 14.9 Å². The van der Waals surface area contributed by atoms with Crippen LogP contribution >= 0.6 is 0 Å². The van der Waals surface area contributed by atoms with E-state index < -0.39 is 27.5 Å². The van der Waals surface area contributed by atoms with Crippen molar-refractivity contribution in [3.8, 4) is 0 Å². The number of carbonyl (C=O) groups excluding carboxylic acids is 1. The molecular formula is C11H11F3N2O4S. The molecule has 1 aromatic heterocycles. The second-order valence-electron chi connectivity index (χ2n) is 4.73. The van der Waals surface area contributed by atoms with E-state index in [9.17, 15) is 26.4 Å². The maximum absolute atomic E-state index is 12.1. The molecule has 0 bridgehead atoms. The summed E-state index contributed by atoms with van der Waals surface area (Å²) in [4.78, 5) is 18.4. The molecular weight excluding hydrogens is 313 g/mol.